The summed E-state index contributed by atoms with van der Waals surface area (Å²) in [4.78, 5) is 56.7. The first kappa shape index (κ1) is 41.0. The van der Waals surface area contributed by atoms with Gasteiger partial charge in [-0.1, -0.05) is 31.8 Å². The van der Waals surface area contributed by atoms with Gasteiger partial charge in [-0.25, -0.2) is 29.5 Å². The maximum Gasteiger partial charge on any atom is 0.410 e. The van der Waals surface area contributed by atoms with Crippen molar-refractivity contribution in [3.63, 3.8) is 0 Å². The molecule has 2 aliphatic rings. The summed E-state index contributed by atoms with van der Waals surface area (Å²) in [5.41, 5.74) is 2.94. The number of pyridine rings is 1. The van der Waals surface area contributed by atoms with Gasteiger partial charge in [0.2, 0.25) is 0 Å². The van der Waals surface area contributed by atoms with Crippen LogP contribution in [-0.4, -0.2) is 95.4 Å². The van der Waals surface area contributed by atoms with Gasteiger partial charge < -0.3 is 23.8 Å². The van der Waals surface area contributed by atoms with Crippen LogP contribution in [-0.2, 0) is 20.9 Å². The smallest absolute Gasteiger partial charge is 0.410 e. The van der Waals surface area contributed by atoms with Crippen LogP contribution in [0.3, 0.4) is 0 Å². The van der Waals surface area contributed by atoms with Gasteiger partial charge in [-0.2, -0.15) is 0 Å². The number of carbonyl (C=O) groups is 2. The molecule has 2 aliphatic heterocycles. The Morgan fingerprint density at radius 2 is 1.41 bits per heavy atom. The first-order valence-electron chi connectivity index (χ1n) is 20.3. The Labute approximate surface area is 341 Å². The highest BCUT2D eigenvalue weighted by Gasteiger charge is 2.37. The lowest BCUT2D eigenvalue weighted by molar-refractivity contribution is 0.0199. The molecule has 2 amide bonds. The third kappa shape index (κ3) is 9.58. The first-order valence-corrected chi connectivity index (χ1v) is 24.0. The van der Waals surface area contributed by atoms with Crippen LogP contribution in [0.5, 0.6) is 0 Å². The number of likely N-dealkylation sites (tertiary alicyclic amines) is 2. The molecule has 0 spiro atoms. The van der Waals surface area contributed by atoms with Gasteiger partial charge in [0.25, 0.3) is 0 Å². The number of aromatic amines is 1. The second kappa shape index (κ2) is 16.2. The number of ether oxygens (including phenoxy) is 3. The molecule has 0 saturated carbocycles. The van der Waals surface area contributed by atoms with Crippen molar-refractivity contribution in [2.45, 2.75) is 123 Å². The highest BCUT2D eigenvalue weighted by molar-refractivity contribution is 6.76. The topological polar surface area (TPSA) is 153 Å². The molecule has 6 heterocycles. The molecule has 5 aromatic rings. The van der Waals surface area contributed by atoms with E-state index in [4.69, 9.17) is 24.2 Å². The predicted octanol–water partition coefficient (Wildman–Crippen LogP) is 9.40. The number of hydrogen-bond donors (Lipinski definition) is 1. The van der Waals surface area contributed by atoms with E-state index in [-0.39, 0.29) is 24.3 Å². The zero-order chi connectivity index (χ0) is 41.4. The number of fused-ring (bicyclic) bond motifs is 1. The molecule has 58 heavy (non-hydrogen) atoms. The van der Waals surface area contributed by atoms with Crippen molar-refractivity contribution in [2.75, 3.05) is 19.7 Å². The monoisotopic (exact) mass is 807 g/mol. The zero-order valence-electron chi connectivity index (χ0n) is 35.3. The summed E-state index contributed by atoms with van der Waals surface area (Å²) in [5, 5.41) is 1.95. The Hall–Kier alpha value is -5.15. The van der Waals surface area contributed by atoms with Gasteiger partial charge >= 0.3 is 12.2 Å². The van der Waals surface area contributed by atoms with Crippen molar-refractivity contribution in [3.8, 4) is 34.0 Å². The molecule has 2 saturated heterocycles. The molecular formula is C43H57N9O5Si. The number of carbonyl (C=O) groups excluding carboxylic acids is 2. The molecule has 1 N–H and O–H groups in total. The lowest BCUT2D eigenvalue weighted by Gasteiger charge is -2.29. The molecule has 2 unspecified atom stereocenters. The summed E-state index contributed by atoms with van der Waals surface area (Å²) in [7, 11) is -1.29. The molecular weight excluding hydrogens is 751 g/mol. The maximum atomic E-state index is 13.3. The van der Waals surface area contributed by atoms with Crippen LogP contribution in [0.25, 0.3) is 44.8 Å². The van der Waals surface area contributed by atoms with E-state index in [2.05, 4.69) is 62.3 Å². The highest BCUT2D eigenvalue weighted by Crippen LogP contribution is 2.37. The lowest BCUT2D eigenvalue weighted by Crippen LogP contribution is -2.37. The van der Waals surface area contributed by atoms with Gasteiger partial charge in [-0.3, -0.25) is 14.8 Å². The number of benzene rings is 1. The Balaban J connectivity index is 1.10. The minimum atomic E-state index is -1.29. The minimum absolute atomic E-state index is 0.177. The Kier molecular flexibility index (Phi) is 11.5. The number of nitrogens with one attached hydrogen (secondary N) is 1. The quantitative estimate of drug-likeness (QED) is 0.107. The fourth-order valence-electron chi connectivity index (χ4n) is 7.40. The molecule has 0 aliphatic carbocycles. The molecule has 7 rings (SSSR count). The van der Waals surface area contributed by atoms with E-state index in [1.165, 1.54) is 0 Å². The van der Waals surface area contributed by atoms with Gasteiger partial charge in [0.1, 0.15) is 35.3 Å². The average Bonchev–Trinajstić information content (AvgIpc) is 3.98. The number of amides is 2. The summed E-state index contributed by atoms with van der Waals surface area (Å²) in [6.45, 7) is 20.6. The highest BCUT2D eigenvalue weighted by atomic mass is 28.3. The summed E-state index contributed by atoms with van der Waals surface area (Å²) in [5.74, 6) is 2.02. The molecule has 14 nitrogen and oxygen atoms in total. The van der Waals surface area contributed by atoms with Gasteiger partial charge in [-0.05, 0) is 90.8 Å². The molecule has 2 atom stereocenters. The van der Waals surface area contributed by atoms with Crippen LogP contribution in [0.4, 0.5) is 9.59 Å². The van der Waals surface area contributed by atoms with Crippen LogP contribution < -0.4 is 0 Å². The molecule has 0 radical (unpaired) electrons. The second-order valence-electron chi connectivity index (χ2n) is 18.6. The molecule has 1 aromatic carbocycles. The number of nitrogens with zero attached hydrogens (tertiary/aromatic N) is 8. The third-order valence-electron chi connectivity index (χ3n) is 10.3. The molecule has 308 valence electrons. The summed E-state index contributed by atoms with van der Waals surface area (Å²) in [6.07, 6.45) is 11.7. The summed E-state index contributed by atoms with van der Waals surface area (Å²) < 4.78 is 19.8. The summed E-state index contributed by atoms with van der Waals surface area (Å²) >= 11 is 0. The van der Waals surface area contributed by atoms with E-state index in [9.17, 15) is 9.59 Å². The Bertz CT molecular complexity index is 2250. The van der Waals surface area contributed by atoms with E-state index in [1.54, 1.807) is 28.4 Å². The van der Waals surface area contributed by atoms with Crippen LogP contribution in [0, 0.1) is 0 Å². The van der Waals surface area contributed by atoms with Crippen molar-refractivity contribution < 1.29 is 23.8 Å². The number of rotatable bonds is 10. The molecule has 4 aromatic heterocycles. The fourth-order valence-corrected chi connectivity index (χ4v) is 8.15. The van der Waals surface area contributed by atoms with Gasteiger partial charge in [0.15, 0.2) is 5.82 Å². The lowest BCUT2D eigenvalue weighted by atomic mass is 10.1. The van der Waals surface area contributed by atoms with Crippen LogP contribution in [0.15, 0.2) is 55.2 Å². The van der Waals surface area contributed by atoms with Crippen molar-refractivity contribution in [3.05, 3.63) is 66.9 Å². The largest absolute Gasteiger partial charge is 0.444 e. The average molecular weight is 808 g/mol. The number of imidazole rings is 2. The normalized spacial score (nSPS) is 17.7. The van der Waals surface area contributed by atoms with E-state index in [0.29, 0.717) is 43.8 Å². The van der Waals surface area contributed by atoms with E-state index in [1.807, 2.05) is 60.0 Å². The second-order valence-corrected chi connectivity index (χ2v) is 24.2. The van der Waals surface area contributed by atoms with Crippen molar-refractivity contribution in [1.82, 2.24) is 44.3 Å². The molecule has 0 bridgehead atoms. The SMILES string of the molecule is CC(C)(C)OC(=O)N1CCCC1c1ncc(-c2cnc(-c3cc4ccc(-c5cnc(C6CCCN6C(=O)OC(C)(C)C)n5COCC[Si](C)(C)C)cc4cn3)nc2)[nH]1. The van der Waals surface area contributed by atoms with Crippen LogP contribution in [0.2, 0.25) is 25.7 Å². The minimum Gasteiger partial charge on any atom is -0.444 e. The van der Waals surface area contributed by atoms with E-state index < -0.39 is 19.3 Å². The number of hydrogen-bond acceptors (Lipinski definition) is 10. The number of aromatic nitrogens is 7. The van der Waals surface area contributed by atoms with Crippen molar-refractivity contribution in [1.29, 1.82) is 0 Å². The maximum absolute atomic E-state index is 13.3. The van der Waals surface area contributed by atoms with Gasteiger partial charge in [-0.15, -0.1) is 0 Å². The molecule has 15 heteroatoms. The zero-order valence-corrected chi connectivity index (χ0v) is 36.3. The summed E-state index contributed by atoms with van der Waals surface area (Å²) in [6, 6.07) is 8.93. The molecule has 2 fully saturated rings. The van der Waals surface area contributed by atoms with Gasteiger partial charge in [0, 0.05) is 62.9 Å². The van der Waals surface area contributed by atoms with Crippen molar-refractivity contribution in [2.24, 2.45) is 0 Å². The van der Waals surface area contributed by atoms with E-state index >= 15 is 0 Å². The van der Waals surface area contributed by atoms with Crippen molar-refractivity contribution >= 4 is 31.0 Å². The third-order valence-corrected chi connectivity index (χ3v) is 12.0. The first-order chi connectivity index (χ1) is 27.4. The predicted molar refractivity (Wildman–Crippen MR) is 226 cm³/mol. The van der Waals surface area contributed by atoms with Gasteiger partial charge in [0.05, 0.1) is 35.9 Å². The van der Waals surface area contributed by atoms with E-state index in [0.717, 1.165) is 70.8 Å². The number of H-pyrrole nitrogens is 1. The standard InChI is InChI=1S/C43H57N9O5Si/c1-42(2,3)56-40(53)50-16-10-12-34(50)38-47-25-33(49-38)31-23-45-37(46-24-31)32-21-28-14-15-29(20-30(28)22-44-32)36-26-48-39(52(36)27-55-18-19-58(7,8)9)35-13-11-17-51(35)41(54)57-43(4,5)6/h14-15,20-26,34-35H,10-13,16-19,27H2,1-9H3,(H,47,49). The Morgan fingerprint density at radius 3 is 2.07 bits per heavy atom. The van der Waals surface area contributed by atoms with Crippen LogP contribution in [0.1, 0.15) is 91.0 Å². The Morgan fingerprint density at radius 1 is 0.759 bits per heavy atom. The fraction of sp³-hybridized carbons (Fsp3) is 0.512. The van der Waals surface area contributed by atoms with Crippen LogP contribution >= 0.6 is 0 Å².